The highest BCUT2D eigenvalue weighted by Gasteiger charge is 2.32. The summed E-state index contributed by atoms with van der Waals surface area (Å²) >= 11 is 0. The maximum absolute atomic E-state index is 13.6. The van der Waals surface area contributed by atoms with Gasteiger partial charge in [-0.1, -0.05) is 78.9 Å². The summed E-state index contributed by atoms with van der Waals surface area (Å²) in [6.45, 7) is 20.8. The molecule has 0 saturated carbocycles. The monoisotopic (exact) mass is 884 g/mol. The lowest BCUT2D eigenvalue weighted by Gasteiger charge is -2.27. The Morgan fingerprint density at radius 2 is 0.738 bits per heavy atom. The molecule has 0 N–H and O–H groups in total. The van der Waals surface area contributed by atoms with Crippen molar-refractivity contribution in [2.24, 2.45) is 0 Å². The van der Waals surface area contributed by atoms with Crippen LogP contribution in [0.5, 0.6) is 23.0 Å². The van der Waals surface area contributed by atoms with Crippen molar-refractivity contribution in [1.82, 2.24) is 0 Å². The van der Waals surface area contributed by atoms with Crippen molar-refractivity contribution < 1.29 is 57.1 Å². The minimum absolute atomic E-state index is 0.134. The van der Waals surface area contributed by atoms with Gasteiger partial charge in [0.05, 0.1) is 0 Å². The van der Waals surface area contributed by atoms with Crippen LogP contribution in [0.15, 0.2) is 115 Å². The van der Waals surface area contributed by atoms with Crippen LogP contribution in [-0.2, 0) is 18.9 Å². The first-order valence-corrected chi connectivity index (χ1v) is 21.2. The predicted octanol–water partition coefficient (Wildman–Crippen LogP) is 14.1. The standard InChI is InChI=1S/C53H56O12/c1-50(2,3)62-46(54)58-37-24-26-39-35(30-37)22-28-41(60-48(56)64-52(7,8)9)44(39)43(34-20-18-33(19-21-34)32-16-14-13-15-17-32)45-40-27-25-38(59-47(55)63-51(4,5)6)31-36(40)23-29-42(45)61-49(57)65-53(10,11)12/h13-31,43H,1-12H3. The summed E-state index contributed by atoms with van der Waals surface area (Å²) in [6, 6.07) is 34.6. The molecule has 0 spiro atoms. The highest BCUT2D eigenvalue weighted by atomic mass is 16.7. The Bertz CT molecular complexity index is 2560. The summed E-state index contributed by atoms with van der Waals surface area (Å²) < 4.78 is 45.7. The molecule has 0 aliphatic heterocycles. The van der Waals surface area contributed by atoms with Crippen LogP contribution < -0.4 is 18.9 Å². The fourth-order valence-corrected chi connectivity index (χ4v) is 6.96. The third kappa shape index (κ3) is 13.0. The van der Waals surface area contributed by atoms with E-state index >= 15 is 0 Å². The molecular formula is C53H56O12. The maximum Gasteiger partial charge on any atom is 0.514 e. The van der Waals surface area contributed by atoms with Gasteiger partial charge in [-0.2, -0.15) is 0 Å². The van der Waals surface area contributed by atoms with Crippen molar-refractivity contribution in [1.29, 1.82) is 0 Å². The summed E-state index contributed by atoms with van der Waals surface area (Å²) in [6.07, 6.45) is -3.66. The molecule has 65 heavy (non-hydrogen) atoms. The van der Waals surface area contributed by atoms with Crippen LogP contribution in [0.25, 0.3) is 32.7 Å². The molecule has 0 heterocycles. The van der Waals surface area contributed by atoms with Crippen LogP contribution in [-0.4, -0.2) is 47.0 Å². The third-order valence-electron chi connectivity index (χ3n) is 9.26. The van der Waals surface area contributed by atoms with E-state index in [2.05, 4.69) is 0 Å². The highest BCUT2D eigenvalue weighted by molar-refractivity contribution is 5.96. The number of hydrogen-bond acceptors (Lipinski definition) is 12. The number of carbonyl (C=O) groups excluding carboxylic acids is 4. The summed E-state index contributed by atoms with van der Waals surface area (Å²) in [5.41, 5.74) is 0.208. The zero-order chi connectivity index (χ0) is 47.5. The van der Waals surface area contributed by atoms with Crippen molar-refractivity contribution in [3.05, 3.63) is 132 Å². The lowest BCUT2D eigenvalue weighted by Crippen LogP contribution is -2.27. The lowest BCUT2D eigenvalue weighted by molar-refractivity contribution is 0.0190. The summed E-state index contributed by atoms with van der Waals surface area (Å²) in [7, 11) is 0. The molecule has 12 nitrogen and oxygen atoms in total. The van der Waals surface area contributed by atoms with Crippen molar-refractivity contribution in [2.45, 2.75) is 111 Å². The van der Waals surface area contributed by atoms with E-state index in [1.54, 1.807) is 144 Å². The van der Waals surface area contributed by atoms with E-state index in [-0.39, 0.29) is 23.0 Å². The van der Waals surface area contributed by atoms with Gasteiger partial charge < -0.3 is 37.9 Å². The number of hydrogen-bond donors (Lipinski definition) is 0. The molecule has 12 heteroatoms. The Morgan fingerprint density at radius 3 is 1.11 bits per heavy atom. The van der Waals surface area contributed by atoms with E-state index in [1.807, 2.05) is 54.6 Å². The van der Waals surface area contributed by atoms with Gasteiger partial charge in [-0.05, 0) is 158 Å². The fraction of sp³-hybridized carbons (Fsp3) is 0.321. The van der Waals surface area contributed by atoms with Gasteiger partial charge in [0.15, 0.2) is 0 Å². The zero-order valence-corrected chi connectivity index (χ0v) is 38.9. The van der Waals surface area contributed by atoms with Crippen molar-refractivity contribution in [3.63, 3.8) is 0 Å². The molecule has 0 radical (unpaired) electrons. The number of benzene rings is 6. The summed E-state index contributed by atoms with van der Waals surface area (Å²) in [4.78, 5) is 52.9. The number of ether oxygens (including phenoxy) is 8. The van der Waals surface area contributed by atoms with Gasteiger partial charge in [-0.3, -0.25) is 0 Å². The smallest absolute Gasteiger partial charge is 0.428 e. The SMILES string of the molecule is CC(C)(C)OC(=O)Oc1ccc2c(C(c3ccc(-c4ccccc4)cc3)c3c(OC(=O)OC(C)(C)C)ccc4cc(OC(=O)OC(C)(C)C)ccc34)c(OC(=O)OC(C)(C)C)ccc2c1. The molecule has 0 bridgehead atoms. The zero-order valence-electron chi connectivity index (χ0n) is 38.9. The van der Waals surface area contributed by atoms with Gasteiger partial charge >= 0.3 is 24.6 Å². The molecule has 0 unspecified atom stereocenters. The van der Waals surface area contributed by atoms with E-state index < -0.39 is 52.9 Å². The first-order valence-electron chi connectivity index (χ1n) is 21.2. The number of rotatable bonds is 8. The quantitative estimate of drug-likeness (QED) is 0.0621. The topological polar surface area (TPSA) is 142 Å². The predicted molar refractivity (Wildman–Crippen MR) is 248 cm³/mol. The average Bonchev–Trinajstić information content (AvgIpc) is 3.17. The van der Waals surface area contributed by atoms with Crippen LogP contribution in [0, 0.1) is 0 Å². The molecule has 0 aliphatic carbocycles. The Balaban J connectivity index is 1.66. The van der Waals surface area contributed by atoms with Crippen molar-refractivity contribution in [2.75, 3.05) is 0 Å². The Hall–Kier alpha value is -7.08. The van der Waals surface area contributed by atoms with Gasteiger partial charge in [0.1, 0.15) is 45.4 Å². The van der Waals surface area contributed by atoms with E-state index in [0.717, 1.165) is 11.1 Å². The second-order valence-electron chi connectivity index (χ2n) is 19.4. The molecule has 6 aromatic carbocycles. The van der Waals surface area contributed by atoms with Gasteiger partial charge in [-0.25, -0.2) is 19.2 Å². The fourth-order valence-electron chi connectivity index (χ4n) is 6.96. The van der Waals surface area contributed by atoms with Crippen molar-refractivity contribution >= 4 is 46.2 Å². The second-order valence-corrected chi connectivity index (χ2v) is 19.4. The van der Waals surface area contributed by atoms with E-state index in [0.29, 0.717) is 38.2 Å². The molecule has 6 aromatic rings. The van der Waals surface area contributed by atoms with Gasteiger partial charge in [0, 0.05) is 17.0 Å². The van der Waals surface area contributed by atoms with Crippen molar-refractivity contribution in [3.8, 4) is 34.1 Å². The first kappa shape index (κ1) is 47.4. The first-order chi connectivity index (χ1) is 30.3. The molecule has 0 atom stereocenters. The van der Waals surface area contributed by atoms with E-state index in [9.17, 15) is 19.2 Å². The molecule has 0 saturated heterocycles. The number of fused-ring (bicyclic) bond motifs is 2. The van der Waals surface area contributed by atoms with Crippen LogP contribution in [0.3, 0.4) is 0 Å². The largest absolute Gasteiger partial charge is 0.514 e. The van der Waals surface area contributed by atoms with Gasteiger partial charge in [-0.15, -0.1) is 0 Å². The summed E-state index contributed by atoms with van der Waals surface area (Å²) in [5, 5.41) is 2.38. The molecule has 0 aromatic heterocycles. The van der Waals surface area contributed by atoms with Crippen LogP contribution in [0.4, 0.5) is 19.2 Å². The average molecular weight is 885 g/mol. The lowest BCUT2D eigenvalue weighted by atomic mass is 9.79. The third-order valence-corrected chi connectivity index (χ3v) is 9.26. The molecule has 0 aliphatic rings. The Kier molecular flexibility index (Phi) is 13.5. The Morgan fingerprint density at radius 1 is 0.385 bits per heavy atom. The maximum atomic E-state index is 13.6. The molecule has 0 amide bonds. The number of carbonyl (C=O) groups is 4. The molecular weight excluding hydrogens is 829 g/mol. The molecule has 0 fully saturated rings. The summed E-state index contributed by atoms with van der Waals surface area (Å²) in [5.74, 6) is -0.195. The van der Waals surface area contributed by atoms with Gasteiger partial charge in [0.2, 0.25) is 0 Å². The van der Waals surface area contributed by atoms with Crippen LogP contribution in [0.1, 0.15) is 106 Å². The van der Waals surface area contributed by atoms with E-state index in [1.165, 1.54) is 0 Å². The van der Waals surface area contributed by atoms with E-state index in [4.69, 9.17) is 37.9 Å². The minimum Gasteiger partial charge on any atom is -0.428 e. The van der Waals surface area contributed by atoms with Gasteiger partial charge in [0.25, 0.3) is 0 Å². The normalized spacial score (nSPS) is 12.1. The molecule has 340 valence electrons. The van der Waals surface area contributed by atoms with Crippen LogP contribution >= 0.6 is 0 Å². The van der Waals surface area contributed by atoms with Crippen LogP contribution in [0.2, 0.25) is 0 Å². The Labute approximate surface area is 379 Å². The minimum atomic E-state index is -0.951. The highest BCUT2D eigenvalue weighted by Crippen LogP contribution is 2.48. The molecule has 6 rings (SSSR count). The second kappa shape index (κ2) is 18.6.